The van der Waals surface area contributed by atoms with Gasteiger partial charge in [0, 0.05) is 4.47 Å². The van der Waals surface area contributed by atoms with E-state index in [0.29, 0.717) is 5.11 Å². The van der Waals surface area contributed by atoms with Crippen molar-refractivity contribution >= 4 is 48.8 Å². The van der Waals surface area contributed by atoms with Gasteiger partial charge in [-0.05, 0) is 40.3 Å². The molecule has 0 bridgehead atoms. The number of hydrogen-bond acceptors (Lipinski definition) is 3. The molecule has 2 aliphatic rings. The van der Waals surface area contributed by atoms with Crippen LogP contribution < -0.4 is 10.2 Å². The van der Waals surface area contributed by atoms with Crippen LogP contribution in [0.25, 0.3) is 0 Å². The third kappa shape index (κ3) is 1.94. The highest BCUT2D eigenvalue weighted by molar-refractivity contribution is 9.10. The average Bonchev–Trinajstić information content (AvgIpc) is 2.70. The van der Waals surface area contributed by atoms with Crippen molar-refractivity contribution in [3.8, 4) is 0 Å². The van der Waals surface area contributed by atoms with Gasteiger partial charge in [0.15, 0.2) is 14.9 Å². The standard InChI is InChI=1S/C11H11BrN2O2S2/c12-7-3-1-2-4-9(7)14-10-6-18(15,16)5-8(10)13-11(14)17/h1-4,8,10H,5-6H2,(H,13,17)/t8-,10+/m0/s1. The van der Waals surface area contributed by atoms with Crippen LogP contribution in [0.1, 0.15) is 0 Å². The normalized spacial score (nSPS) is 29.2. The highest BCUT2D eigenvalue weighted by Gasteiger charge is 2.47. The average molecular weight is 347 g/mol. The van der Waals surface area contributed by atoms with E-state index in [1.165, 1.54) is 0 Å². The van der Waals surface area contributed by atoms with E-state index in [2.05, 4.69) is 21.2 Å². The Kier molecular flexibility index (Phi) is 2.87. The molecule has 0 radical (unpaired) electrons. The van der Waals surface area contributed by atoms with Crippen LogP contribution in [-0.2, 0) is 9.84 Å². The zero-order valence-electron chi connectivity index (χ0n) is 9.34. The van der Waals surface area contributed by atoms with Gasteiger partial charge < -0.3 is 10.2 Å². The molecule has 2 atom stereocenters. The van der Waals surface area contributed by atoms with Crippen LogP contribution in [-0.4, -0.2) is 37.1 Å². The third-order valence-corrected chi connectivity index (χ3v) is 6.00. The number of nitrogens with zero attached hydrogens (tertiary/aromatic N) is 1. The number of fused-ring (bicyclic) bond motifs is 1. The first-order valence-electron chi connectivity index (χ1n) is 5.53. The van der Waals surface area contributed by atoms with Crippen LogP contribution in [0.5, 0.6) is 0 Å². The molecule has 2 aliphatic heterocycles. The fraction of sp³-hybridized carbons (Fsp3) is 0.364. The Morgan fingerprint density at radius 1 is 1.33 bits per heavy atom. The molecule has 18 heavy (non-hydrogen) atoms. The largest absolute Gasteiger partial charge is 0.356 e. The SMILES string of the molecule is O=S1(=O)C[C@@H]2NC(=S)N(c3ccccc3Br)[C@@H]2C1. The molecule has 2 fully saturated rings. The highest BCUT2D eigenvalue weighted by atomic mass is 79.9. The quantitative estimate of drug-likeness (QED) is 0.777. The molecule has 2 saturated heterocycles. The minimum Gasteiger partial charge on any atom is -0.356 e. The van der Waals surface area contributed by atoms with E-state index in [1.807, 2.05) is 29.2 Å². The number of rotatable bonds is 1. The summed E-state index contributed by atoms with van der Waals surface area (Å²) in [4.78, 5) is 1.91. The molecule has 4 nitrogen and oxygen atoms in total. The number of para-hydroxylation sites is 1. The number of halogens is 1. The second-order valence-corrected chi connectivity index (χ2v) is 7.92. The maximum Gasteiger partial charge on any atom is 0.174 e. The smallest absolute Gasteiger partial charge is 0.174 e. The van der Waals surface area contributed by atoms with E-state index in [-0.39, 0.29) is 23.6 Å². The summed E-state index contributed by atoms with van der Waals surface area (Å²) < 4.78 is 24.3. The predicted molar refractivity (Wildman–Crippen MR) is 78.6 cm³/mol. The summed E-state index contributed by atoms with van der Waals surface area (Å²) in [6.07, 6.45) is 0. The first-order valence-corrected chi connectivity index (χ1v) is 8.55. The van der Waals surface area contributed by atoms with Crippen LogP contribution in [0.4, 0.5) is 5.69 Å². The van der Waals surface area contributed by atoms with Crippen LogP contribution >= 0.6 is 28.1 Å². The lowest BCUT2D eigenvalue weighted by Gasteiger charge is -2.24. The van der Waals surface area contributed by atoms with Crippen LogP contribution in [0.2, 0.25) is 0 Å². The number of benzene rings is 1. The summed E-state index contributed by atoms with van der Waals surface area (Å²) in [6.45, 7) is 0. The molecule has 1 aromatic rings. The van der Waals surface area contributed by atoms with Gasteiger partial charge in [-0.3, -0.25) is 0 Å². The van der Waals surface area contributed by atoms with Crippen LogP contribution in [0, 0.1) is 0 Å². The van der Waals surface area contributed by atoms with E-state index in [9.17, 15) is 8.42 Å². The fourth-order valence-corrected chi connectivity index (χ4v) is 5.29. The van der Waals surface area contributed by atoms with Gasteiger partial charge in [0.2, 0.25) is 0 Å². The molecular weight excluding hydrogens is 336 g/mol. The van der Waals surface area contributed by atoms with E-state index in [0.717, 1.165) is 10.2 Å². The van der Waals surface area contributed by atoms with Gasteiger partial charge in [-0.15, -0.1) is 0 Å². The van der Waals surface area contributed by atoms with E-state index in [4.69, 9.17) is 12.2 Å². The molecule has 96 valence electrons. The van der Waals surface area contributed by atoms with Gasteiger partial charge in [-0.1, -0.05) is 12.1 Å². The number of anilines is 1. The van der Waals surface area contributed by atoms with Crippen LogP contribution in [0.3, 0.4) is 0 Å². The van der Waals surface area contributed by atoms with Crippen molar-refractivity contribution in [3.05, 3.63) is 28.7 Å². The van der Waals surface area contributed by atoms with Crippen molar-refractivity contribution in [2.24, 2.45) is 0 Å². The summed E-state index contributed by atoms with van der Waals surface area (Å²) in [7, 11) is -2.96. The van der Waals surface area contributed by atoms with E-state index >= 15 is 0 Å². The Hall–Kier alpha value is -0.660. The highest BCUT2D eigenvalue weighted by Crippen LogP contribution is 2.33. The maximum absolute atomic E-state index is 11.7. The Balaban J connectivity index is 2.02. The number of hydrogen-bond donors (Lipinski definition) is 1. The Morgan fingerprint density at radius 2 is 2.06 bits per heavy atom. The van der Waals surface area contributed by atoms with Gasteiger partial charge in [-0.25, -0.2) is 8.42 Å². The Morgan fingerprint density at radius 3 is 2.78 bits per heavy atom. The maximum atomic E-state index is 11.7. The molecule has 0 aliphatic carbocycles. The second-order valence-electron chi connectivity index (χ2n) is 4.52. The van der Waals surface area contributed by atoms with Crippen molar-refractivity contribution in [1.29, 1.82) is 0 Å². The second kappa shape index (κ2) is 4.18. The van der Waals surface area contributed by atoms with Gasteiger partial charge in [0.25, 0.3) is 0 Å². The first-order chi connectivity index (χ1) is 8.48. The zero-order chi connectivity index (χ0) is 12.9. The number of nitrogens with one attached hydrogen (secondary N) is 1. The van der Waals surface area contributed by atoms with E-state index in [1.54, 1.807) is 0 Å². The lowest BCUT2D eigenvalue weighted by Crippen LogP contribution is -2.37. The molecule has 2 heterocycles. The first kappa shape index (κ1) is 12.4. The molecule has 0 spiro atoms. The molecule has 0 aromatic heterocycles. The predicted octanol–water partition coefficient (Wildman–Crippen LogP) is 1.31. The molecule has 0 amide bonds. The molecule has 0 saturated carbocycles. The molecule has 1 N–H and O–H groups in total. The van der Waals surface area contributed by atoms with Crippen LogP contribution in [0.15, 0.2) is 28.7 Å². The van der Waals surface area contributed by atoms with Crippen molar-refractivity contribution in [1.82, 2.24) is 5.32 Å². The monoisotopic (exact) mass is 346 g/mol. The minimum absolute atomic E-state index is 0.0883. The Labute approximate surface area is 119 Å². The van der Waals surface area contributed by atoms with Gasteiger partial charge in [-0.2, -0.15) is 0 Å². The summed E-state index contributed by atoms with van der Waals surface area (Å²) in [5, 5.41) is 3.71. The van der Waals surface area contributed by atoms with Crippen molar-refractivity contribution in [3.63, 3.8) is 0 Å². The zero-order valence-corrected chi connectivity index (χ0v) is 12.6. The van der Waals surface area contributed by atoms with Crippen molar-refractivity contribution in [2.75, 3.05) is 16.4 Å². The van der Waals surface area contributed by atoms with Gasteiger partial charge >= 0.3 is 0 Å². The van der Waals surface area contributed by atoms with Crippen molar-refractivity contribution in [2.45, 2.75) is 12.1 Å². The van der Waals surface area contributed by atoms with Crippen molar-refractivity contribution < 1.29 is 8.42 Å². The molecule has 3 rings (SSSR count). The Bertz CT molecular complexity index is 617. The topological polar surface area (TPSA) is 49.4 Å². The summed E-state index contributed by atoms with van der Waals surface area (Å²) in [6, 6.07) is 7.51. The molecule has 0 unspecified atom stereocenters. The van der Waals surface area contributed by atoms with Gasteiger partial charge in [0.1, 0.15) is 0 Å². The number of thiocarbonyl (C=S) groups is 1. The molecular formula is C11H11BrN2O2S2. The lowest BCUT2D eigenvalue weighted by molar-refractivity contribution is 0.600. The summed E-state index contributed by atoms with van der Waals surface area (Å²) >= 11 is 8.79. The lowest BCUT2D eigenvalue weighted by atomic mass is 10.1. The minimum atomic E-state index is -2.96. The molecule has 1 aromatic carbocycles. The molecule has 7 heteroatoms. The third-order valence-electron chi connectivity index (χ3n) is 3.29. The number of sulfone groups is 1. The van der Waals surface area contributed by atoms with Gasteiger partial charge in [0.05, 0.1) is 29.3 Å². The summed E-state index contributed by atoms with van der Waals surface area (Å²) in [5.74, 6) is 0.324. The fourth-order valence-electron chi connectivity index (χ4n) is 2.54. The summed E-state index contributed by atoms with van der Waals surface area (Å²) in [5.41, 5.74) is 0.916. The van der Waals surface area contributed by atoms with E-state index < -0.39 is 9.84 Å².